The van der Waals surface area contributed by atoms with Gasteiger partial charge in [-0.05, 0) is 43.1 Å². The number of carbonyl (C=O) groups is 2. The topological polar surface area (TPSA) is 185 Å². The van der Waals surface area contributed by atoms with Crippen LogP contribution in [0.3, 0.4) is 0 Å². The van der Waals surface area contributed by atoms with E-state index < -0.39 is 83.1 Å². The van der Waals surface area contributed by atoms with E-state index in [1.165, 1.54) is 11.8 Å². The Morgan fingerprint density at radius 1 is 1.10 bits per heavy atom. The molecule has 5 fully saturated rings. The Morgan fingerprint density at radius 3 is 2.59 bits per heavy atom. The summed E-state index contributed by atoms with van der Waals surface area (Å²) in [7, 11) is 0. The number of fused-ring (bicyclic) bond motifs is 2. The van der Waals surface area contributed by atoms with Gasteiger partial charge in [0.25, 0.3) is 0 Å². The first-order valence-corrected chi connectivity index (χ1v) is 15.2. The number of cyclic esters (lactones) is 1. The quantitative estimate of drug-likeness (QED) is 0.213. The van der Waals surface area contributed by atoms with Crippen molar-refractivity contribution in [3.05, 3.63) is 24.2 Å². The van der Waals surface area contributed by atoms with Crippen LogP contribution in [-0.2, 0) is 28.5 Å². The number of rotatable bonds is 7. The number of aliphatic hydroxyl groups is 5. The molecule has 5 aliphatic rings. The molecule has 3 aliphatic heterocycles. The molecule has 5 N–H and O–H groups in total. The lowest BCUT2D eigenvalue weighted by Crippen LogP contribution is -2.69. The molecule has 13 unspecified atom stereocenters. The van der Waals surface area contributed by atoms with Crippen molar-refractivity contribution in [1.29, 1.82) is 0 Å². The van der Waals surface area contributed by atoms with Crippen LogP contribution in [0.25, 0.3) is 0 Å². The third kappa shape index (κ3) is 4.22. The average molecular weight is 599 g/mol. The second-order valence-electron chi connectivity index (χ2n) is 12.5. The highest BCUT2D eigenvalue weighted by atomic mass is 32.2. The molecule has 13 atom stereocenters. The van der Waals surface area contributed by atoms with E-state index in [1.807, 2.05) is 6.92 Å². The molecule has 1 aromatic heterocycles. The van der Waals surface area contributed by atoms with Crippen molar-refractivity contribution in [2.45, 2.75) is 93.3 Å². The van der Waals surface area contributed by atoms with Crippen molar-refractivity contribution in [3.63, 3.8) is 0 Å². The fourth-order valence-electron chi connectivity index (χ4n) is 8.36. The van der Waals surface area contributed by atoms with E-state index in [9.17, 15) is 35.1 Å². The standard InChI is InChI=1S/C28H38O12S/c1-26-10-15(13-5-6-36-12-13)38-23(33)14(26)9-18-27(2)17(26)3-4-19(28(27,35)25(34)40-18)41-8-7-37-24-22(32)21(31)20(30)16(11-29)39-24/h5-6,12,14-22,24,29-32,35H,3-4,7-11H2,1-2H3. The molecule has 2 aliphatic carbocycles. The van der Waals surface area contributed by atoms with Crippen molar-refractivity contribution < 1.29 is 58.5 Å². The van der Waals surface area contributed by atoms with E-state index in [0.29, 0.717) is 25.0 Å². The highest BCUT2D eigenvalue weighted by Crippen LogP contribution is 2.70. The molecule has 3 saturated heterocycles. The Kier molecular flexibility index (Phi) is 7.50. The van der Waals surface area contributed by atoms with Gasteiger partial charge < -0.3 is 48.9 Å². The lowest BCUT2D eigenvalue weighted by atomic mass is 9.42. The van der Waals surface area contributed by atoms with E-state index in [4.69, 9.17) is 23.4 Å². The van der Waals surface area contributed by atoms with Gasteiger partial charge in [-0.15, -0.1) is 0 Å². The molecular formula is C28H38O12S. The summed E-state index contributed by atoms with van der Waals surface area (Å²) in [6.07, 6.45) is -2.82. The summed E-state index contributed by atoms with van der Waals surface area (Å²) in [5.74, 6) is -1.31. The molecule has 2 saturated carbocycles. The van der Waals surface area contributed by atoms with Gasteiger partial charge in [0.1, 0.15) is 36.6 Å². The normalized spacial score (nSPS) is 49.1. The molecule has 4 heterocycles. The predicted octanol–water partition coefficient (Wildman–Crippen LogP) is 0.285. The Labute approximate surface area is 241 Å². The van der Waals surface area contributed by atoms with Crippen molar-refractivity contribution in [2.75, 3.05) is 19.0 Å². The van der Waals surface area contributed by atoms with Crippen LogP contribution in [0.2, 0.25) is 0 Å². The average Bonchev–Trinajstić information content (AvgIpc) is 3.54. The third-order valence-electron chi connectivity index (χ3n) is 10.6. The predicted molar refractivity (Wildman–Crippen MR) is 140 cm³/mol. The van der Waals surface area contributed by atoms with Gasteiger partial charge in [0, 0.05) is 22.0 Å². The highest BCUT2D eigenvalue weighted by Gasteiger charge is 2.78. The van der Waals surface area contributed by atoms with Gasteiger partial charge in [0.15, 0.2) is 11.9 Å². The minimum atomic E-state index is -1.78. The van der Waals surface area contributed by atoms with Crippen LogP contribution in [0.1, 0.15) is 51.2 Å². The smallest absolute Gasteiger partial charge is 0.340 e. The van der Waals surface area contributed by atoms with Crippen LogP contribution in [0.5, 0.6) is 0 Å². The maximum Gasteiger partial charge on any atom is 0.340 e. The molecule has 0 amide bonds. The van der Waals surface area contributed by atoms with Crippen LogP contribution in [0.15, 0.2) is 23.0 Å². The first kappa shape index (κ1) is 29.4. The Hall–Kier alpha value is -1.71. The van der Waals surface area contributed by atoms with E-state index in [0.717, 1.165) is 5.56 Å². The second kappa shape index (κ2) is 10.5. The van der Waals surface area contributed by atoms with Gasteiger partial charge in [-0.2, -0.15) is 11.8 Å². The molecule has 1 aromatic rings. The number of esters is 2. The first-order chi connectivity index (χ1) is 19.5. The first-order valence-electron chi connectivity index (χ1n) is 14.2. The van der Waals surface area contributed by atoms with Crippen LogP contribution in [0, 0.1) is 22.7 Å². The van der Waals surface area contributed by atoms with E-state index in [2.05, 4.69) is 6.92 Å². The fraction of sp³-hybridized carbons (Fsp3) is 0.786. The minimum Gasteiger partial charge on any atom is -0.472 e. The molecule has 12 nitrogen and oxygen atoms in total. The lowest BCUT2D eigenvalue weighted by molar-refractivity contribution is -0.299. The van der Waals surface area contributed by atoms with Crippen LogP contribution >= 0.6 is 11.8 Å². The van der Waals surface area contributed by atoms with Crippen LogP contribution < -0.4 is 0 Å². The summed E-state index contributed by atoms with van der Waals surface area (Å²) >= 11 is 1.36. The van der Waals surface area contributed by atoms with Gasteiger partial charge in [0.2, 0.25) is 0 Å². The maximum absolute atomic E-state index is 13.4. The second-order valence-corrected chi connectivity index (χ2v) is 13.8. The summed E-state index contributed by atoms with van der Waals surface area (Å²) in [5, 5.41) is 51.3. The van der Waals surface area contributed by atoms with Crippen molar-refractivity contribution in [2.24, 2.45) is 22.7 Å². The molecule has 228 valence electrons. The minimum absolute atomic E-state index is 0.0521. The summed E-state index contributed by atoms with van der Waals surface area (Å²) in [5.41, 5.74) is -2.47. The summed E-state index contributed by atoms with van der Waals surface area (Å²) in [6.45, 7) is 3.48. The maximum atomic E-state index is 13.4. The molecule has 0 bridgehead atoms. The zero-order valence-corrected chi connectivity index (χ0v) is 23.8. The number of ether oxygens (including phenoxy) is 4. The van der Waals surface area contributed by atoms with E-state index in [1.54, 1.807) is 18.6 Å². The zero-order chi connectivity index (χ0) is 29.3. The Balaban J connectivity index is 1.17. The number of aliphatic hydroxyl groups excluding tert-OH is 4. The molecule has 13 heteroatoms. The summed E-state index contributed by atoms with van der Waals surface area (Å²) in [6, 6.07) is 1.79. The molecule has 0 aromatic carbocycles. The number of thioether (sulfide) groups is 1. The van der Waals surface area contributed by atoms with Gasteiger partial charge in [0.05, 0.1) is 31.7 Å². The highest BCUT2D eigenvalue weighted by molar-refractivity contribution is 8.00. The van der Waals surface area contributed by atoms with Gasteiger partial charge in [-0.3, -0.25) is 4.79 Å². The van der Waals surface area contributed by atoms with Gasteiger partial charge in [-0.25, -0.2) is 4.79 Å². The molecule has 6 rings (SSSR count). The van der Waals surface area contributed by atoms with Crippen molar-refractivity contribution in [1.82, 2.24) is 0 Å². The summed E-state index contributed by atoms with van der Waals surface area (Å²) in [4.78, 5) is 26.7. The molecular weight excluding hydrogens is 560 g/mol. The number of hydrogen-bond acceptors (Lipinski definition) is 13. The Morgan fingerprint density at radius 2 is 1.88 bits per heavy atom. The van der Waals surface area contributed by atoms with E-state index in [-0.39, 0.29) is 24.9 Å². The zero-order valence-electron chi connectivity index (χ0n) is 23.0. The van der Waals surface area contributed by atoms with Gasteiger partial charge in [-0.1, -0.05) is 13.8 Å². The number of furan rings is 1. The molecule has 0 spiro atoms. The number of hydrogen-bond donors (Lipinski definition) is 5. The third-order valence-corrected chi connectivity index (χ3v) is 12.0. The largest absolute Gasteiger partial charge is 0.472 e. The van der Waals surface area contributed by atoms with Gasteiger partial charge >= 0.3 is 11.9 Å². The lowest BCUT2D eigenvalue weighted by Gasteiger charge is -2.63. The molecule has 0 radical (unpaired) electrons. The monoisotopic (exact) mass is 598 g/mol. The van der Waals surface area contributed by atoms with Crippen LogP contribution in [0.4, 0.5) is 0 Å². The Bertz CT molecular complexity index is 1150. The van der Waals surface area contributed by atoms with Crippen molar-refractivity contribution >= 4 is 23.7 Å². The van der Waals surface area contributed by atoms with Crippen LogP contribution in [-0.4, -0.2) is 104 Å². The molecule has 41 heavy (non-hydrogen) atoms. The fourth-order valence-corrected chi connectivity index (χ4v) is 9.73. The SMILES string of the molecule is CC12CC(c3ccoc3)OC(=O)C1CC1OC(=O)C3(O)C(SCCOC4OC(CO)C(O)C(O)C4O)CCC2C13C. The van der Waals surface area contributed by atoms with E-state index >= 15 is 0 Å². The summed E-state index contributed by atoms with van der Waals surface area (Å²) < 4.78 is 27.9. The van der Waals surface area contributed by atoms with Crippen molar-refractivity contribution in [3.8, 4) is 0 Å². The number of carbonyl (C=O) groups excluding carboxylic acids is 2.